The van der Waals surface area contributed by atoms with Gasteiger partial charge in [-0.3, -0.25) is 4.99 Å². The summed E-state index contributed by atoms with van der Waals surface area (Å²) in [6.07, 6.45) is 2.70. The standard InChI is InChI=1S/C19H29F2N3O3/c1-4-22-18(24-13-19(2)9-5-11-26-19)23-10-8-14-6-7-15(25-3)16(12-14)27-17(20)21/h6-7,12,17H,4-5,8-11,13H2,1-3H3,(H2,22,23,24). The van der Waals surface area contributed by atoms with Gasteiger partial charge in [0, 0.05) is 19.7 Å². The second-order valence-corrected chi connectivity index (χ2v) is 6.64. The Hall–Kier alpha value is -2.09. The van der Waals surface area contributed by atoms with Gasteiger partial charge in [0.05, 0.1) is 19.3 Å². The summed E-state index contributed by atoms with van der Waals surface area (Å²) in [5.41, 5.74) is 0.667. The topological polar surface area (TPSA) is 64.1 Å². The molecule has 0 aromatic heterocycles. The summed E-state index contributed by atoms with van der Waals surface area (Å²) in [5.74, 6) is 1.04. The maximum absolute atomic E-state index is 12.5. The first-order valence-corrected chi connectivity index (χ1v) is 9.23. The van der Waals surface area contributed by atoms with E-state index in [9.17, 15) is 8.78 Å². The molecule has 2 N–H and O–H groups in total. The fourth-order valence-electron chi connectivity index (χ4n) is 2.94. The SMILES string of the molecule is CCNC(=NCC1(C)CCCO1)NCCc1ccc(OC)c(OC(F)F)c1. The highest BCUT2D eigenvalue weighted by Crippen LogP contribution is 2.29. The number of guanidine groups is 1. The molecule has 8 heteroatoms. The number of methoxy groups -OCH3 is 1. The second-order valence-electron chi connectivity index (χ2n) is 6.64. The van der Waals surface area contributed by atoms with Crippen molar-refractivity contribution in [2.45, 2.75) is 45.3 Å². The average molecular weight is 385 g/mol. The molecule has 1 aromatic carbocycles. The molecule has 6 nitrogen and oxygen atoms in total. The maximum Gasteiger partial charge on any atom is 0.387 e. The number of nitrogens with zero attached hydrogens (tertiary/aromatic N) is 1. The van der Waals surface area contributed by atoms with Crippen LogP contribution >= 0.6 is 0 Å². The van der Waals surface area contributed by atoms with Gasteiger partial charge in [-0.2, -0.15) is 8.78 Å². The van der Waals surface area contributed by atoms with Crippen LogP contribution in [0.25, 0.3) is 0 Å². The number of rotatable bonds is 9. The largest absolute Gasteiger partial charge is 0.493 e. The van der Waals surface area contributed by atoms with E-state index in [0.717, 1.165) is 31.6 Å². The summed E-state index contributed by atoms with van der Waals surface area (Å²) in [6, 6.07) is 5.03. The van der Waals surface area contributed by atoms with E-state index in [1.165, 1.54) is 7.11 Å². The van der Waals surface area contributed by atoms with Crippen LogP contribution in [0.3, 0.4) is 0 Å². The van der Waals surface area contributed by atoms with Crippen molar-refractivity contribution >= 4 is 5.96 Å². The first kappa shape index (κ1) is 21.2. The lowest BCUT2D eigenvalue weighted by molar-refractivity contribution is -0.0512. The van der Waals surface area contributed by atoms with E-state index < -0.39 is 6.61 Å². The lowest BCUT2D eigenvalue weighted by Gasteiger charge is -2.21. The van der Waals surface area contributed by atoms with E-state index in [0.29, 0.717) is 25.5 Å². The lowest BCUT2D eigenvalue weighted by atomic mass is 10.0. The predicted molar refractivity (Wildman–Crippen MR) is 101 cm³/mol. The number of aliphatic imine (C=N–C) groups is 1. The monoisotopic (exact) mass is 385 g/mol. The third-order valence-electron chi connectivity index (χ3n) is 4.37. The molecule has 0 radical (unpaired) electrons. The smallest absolute Gasteiger partial charge is 0.387 e. The van der Waals surface area contributed by atoms with E-state index in [2.05, 4.69) is 27.3 Å². The van der Waals surface area contributed by atoms with E-state index >= 15 is 0 Å². The van der Waals surface area contributed by atoms with Gasteiger partial charge in [-0.05, 0) is 50.8 Å². The minimum Gasteiger partial charge on any atom is -0.493 e. The minimum atomic E-state index is -2.89. The Balaban J connectivity index is 1.91. The van der Waals surface area contributed by atoms with Crippen LogP contribution in [-0.2, 0) is 11.2 Å². The van der Waals surface area contributed by atoms with Gasteiger partial charge in [0.2, 0.25) is 0 Å². The number of alkyl halides is 2. The first-order chi connectivity index (χ1) is 13.0. The molecule has 1 aliphatic heterocycles. The molecular formula is C19H29F2N3O3. The van der Waals surface area contributed by atoms with Crippen molar-refractivity contribution in [1.29, 1.82) is 0 Å². The molecule has 0 spiro atoms. The van der Waals surface area contributed by atoms with Crippen LogP contribution in [0.4, 0.5) is 8.78 Å². The van der Waals surface area contributed by atoms with Gasteiger partial charge < -0.3 is 24.8 Å². The summed E-state index contributed by atoms with van der Waals surface area (Å²) >= 11 is 0. The number of nitrogens with one attached hydrogen (secondary N) is 2. The number of hydrogen-bond acceptors (Lipinski definition) is 4. The third-order valence-corrected chi connectivity index (χ3v) is 4.37. The number of ether oxygens (including phenoxy) is 3. The molecule has 1 saturated heterocycles. The van der Waals surface area contributed by atoms with E-state index in [1.54, 1.807) is 12.1 Å². The Labute approximate surface area is 159 Å². The predicted octanol–water partition coefficient (Wildman–Crippen LogP) is 2.96. The van der Waals surface area contributed by atoms with Crippen molar-refractivity contribution in [2.75, 3.05) is 33.4 Å². The highest BCUT2D eigenvalue weighted by Gasteiger charge is 2.29. The molecule has 0 amide bonds. The molecule has 0 saturated carbocycles. The van der Waals surface area contributed by atoms with Crippen molar-refractivity contribution in [3.63, 3.8) is 0 Å². The van der Waals surface area contributed by atoms with Crippen molar-refractivity contribution in [3.05, 3.63) is 23.8 Å². The van der Waals surface area contributed by atoms with Gasteiger partial charge in [0.1, 0.15) is 0 Å². The Kier molecular flexibility index (Phi) is 8.09. The molecule has 152 valence electrons. The number of hydrogen-bond donors (Lipinski definition) is 2. The van der Waals surface area contributed by atoms with Crippen molar-refractivity contribution < 1.29 is 23.0 Å². The summed E-state index contributed by atoms with van der Waals surface area (Å²) in [5, 5.41) is 6.47. The Bertz CT molecular complexity index is 620. The summed E-state index contributed by atoms with van der Waals surface area (Å²) in [7, 11) is 1.42. The molecule has 1 atom stereocenters. The van der Waals surface area contributed by atoms with Gasteiger partial charge in [0.15, 0.2) is 17.5 Å². The zero-order valence-electron chi connectivity index (χ0n) is 16.2. The summed E-state index contributed by atoms with van der Waals surface area (Å²) in [4.78, 5) is 4.61. The maximum atomic E-state index is 12.5. The first-order valence-electron chi connectivity index (χ1n) is 9.23. The molecule has 1 aliphatic rings. The second kappa shape index (κ2) is 10.3. The zero-order chi connectivity index (χ0) is 19.7. The van der Waals surface area contributed by atoms with Gasteiger partial charge in [-0.25, -0.2) is 0 Å². The van der Waals surface area contributed by atoms with Crippen LogP contribution < -0.4 is 20.1 Å². The molecular weight excluding hydrogens is 356 g/mol. The molecule has 0 bridgehead atoms. The molecule has 0 aliphatic carbocycles. The van der Waals surface area contributed by atoms with Crippen LogP contribution in [-0.4, -0.2) is 51.5 Å². The molecule has 27 heavy (non-hydrogen) atoms. The Morgan fingerprint density at radius 3 is 2.78 bits per heavy atom. The summed E-state index contributed by atoms with van der Waals surface area (Å²) < 4.78 is 40.4. The fourth-order valence-corrected chi connectivity index (χ4v) is 2.94. The zero-order valence-corrected chi connectivity index (χ0v) is 16.2. The number of halogens is 2. The van der Waals surface area contributed by atoms with E-state index in [4.69, 9.17) is 9.47 Å². The van der Waals surface area contributed by atoms with Crippen LogP contribution in [0.15, 0.2) is 23.2 Å². The molecule has 2 rings (SSSR count). The van der Waals surface area contributed by atoms with Crippen LogP contribution in [0, 0.1) is 0 Å². The molecule has 1 aromatic rings. The highest BCUT2D eigenvalue weighted by molar-refractivity contribution is 5.79. The van der Waals surface area contributed by atoms with E-state index in [-0.39, 0.29) is 17.1 Å². The molecule has 1 heterocycles. The molecule has 1 unspecified atom stereocenters. The Morgan fingerprint density at radius 1 is 1.33 bits per heavy atom. The average Bonchev–Trinajstić information content (AvgIpc) is 3.06. The quantitative estimate of drug-likeness (QED) is 0.505. The van der Waals surface area contributed by atoms with Crippen LogP contribution in [0.2, 0.25) is 0 Å². The van der Waals surface area contributed by atoms with Gasteiger partial charge >= 0.3 is 6.61 Å². The van der Waals surface area contributed by atoms with Crippen LogP contribution in [0.1, 0.15) is 32.3 Å². The normalized spacial score (nSPS) is 20.0. The highest BCUT2D eigenvalue weighted by atomic mass is 19.3. The van der Waals surface area contributed by atoms with Gasteiger partial charge in [0.25, 0.3) is 0 Å². The van der Waals surface area contributed by atoms with Gasteiger partial charge in [-0.1, -0.05) is 6.07 Å². The van der Waals surface area contributed by atoms with Crippen LogP contribution in [0.5, 0.6) is 11.5 Å². The molecule has 1 fully saturated rings. The lowest BCUT2D eigenvalue weighted by Crippen LogP contribution is -2.40. The van der Waals surface area contributed by atoms with Crippen molar-refractivity contribution in [3.8, 4) is 11.5 Å². The Morgan fingerprint density at radius 2 is 2.15 bits per heavy atom. The third kappa shape index (κ3) is 6.86. The fraction of sp³-hybridized carbons (Fsp3) is 0.632. The van der Waals surface area contributed by atoms with Crippen molar-refractivity contribution in [1.82, 2.24) is 10.6 Å². The van der Waals surface area contributed by atoms with Gasteiger partial charge in [-0.15, -0.1) is 0 Å². The van der Waals surface area contributed by atoms with E-state index in [1.807, 2.05) is 13.0 Å². The van der Waals surface area contributed by atoms with Crippen molar-refractivity contribution in [2.24, 2.45) is 4.99 Å². The minimum absolute atomic E-state index is 0.0388. The number of benzene rings is 1. The summed E-state index contributed by atoms with van der Waals surface area (Å²) in [6.45, 7) is 3.92.